The molecule has 41 heavy (non-hydrogen) atoms. The van der Waals surface area contributed by atoms with Crippen molar-refractivity contribution in [3.05, 3.63) is 89.6 Å². The van der Waals surface area contributed by atoms with Gasteiger partial charge in [0.2, 0.25) is 0 Å². The number of ether oxygens (including phenoxy) is 3. The fraction of sp³-hybridized carbons (Fsp3) is 0.345. The van der Waals surface area contributed by atoms with Gasteiger partial charge < -0.3 is 14.2 Å². The summed E-state index contributed by atoms with van der Waals surface area (Å²) in [6, 6.07) is 9.53. The summed E-state index contributed by atoms with van der Waals surface area (Å²) in [6.45, 7) is 8.76. The van der Waals surface area contributed by atoms with Crippen molar-refractivity contribution in [3.63, 3.8) is 0 Å². The number of benzene rings is 2. The van der Waals surface area contributed by atoms with Crippen LogP contribution in [0.15, 0.2) is 63.5 Å². The molecule has 0 spiro atoms. The minimum absolute atomic E-state index is 0.0827. The van der Waals surface area contributed by atoms with Crippen molar-refractivity contribution < 1.29 is 32.2 Å². The van der Waals surface area contributed by atoms with Gasteiger partial charge in [0.25, 0.3) is 5.56 Å². The quantitative estimate of drug-likeness (QED) is 0.313. The molecule has 1 aliphatic rings. The van der Waals surface area contributed by atoms with Gasteiger partial charge >= 0.3 is 12.1 Å². The number of hydrogen-bond acceptors (Lipinski definition) is 7. The van der Waals surface area contributed by atoms with Crippen LogP contribution in [0.4, 0.5) is 13.2 Å². The Hall–Kier alpha value is -3.57. The van der Waals surface area contributed by atoms with E-state index in [1.165, 1.54) is 37.3 Å². The highest BCUT2D eigenvalue weighted by Crippen LogP contribution is 2.38. The standard InChI is InChI=1S/C29H28ClF3N2O5S/c1-6-38-27(37)23-24(17-7-10-19(30)11-8-17)35-26(36)22(41-28(35)34-25(23)29(31,32)33)13-18-9-12-20(39-15(2)3)14-21(18)40-16(4)5/h7-16,24H,6H2,1-5H3/b22-13+/t24-/m0/s1. The minimum atomic E-state index is -4.99. The maximum Gasteiger partial charge on any atom is 0.434 e. The van der Waals surface area contributed by atoms with Crippen LogP contribution in [0.1, 0.15) is 51.8 Å². The zero-order valence-corrected chi connectivity index (χ0v) is 24.5. The van der Waals surface area contributed by atoms with Crippen molar-refractivity contribution in [1.29, 1.82) is 0 Å². The molecule has 0 fully saturated rings. The summed E-state index contributed by atoms with van der Waals surface area (Å²) in [5.41, 5.74) is -2.07. The Labute approximate surface area is 243 Å². The van der Waals surface area contributed by atoms with Crippen LogP contribution in [0, 0.1) is 0 Å². The van der Waals surface area contributed by atoms with Gasteiger partial charge in [0.15, 0.2) is 10.5 Å². The van der Waals surface area contributed by atoms with Crippen LogP contribution in [0.25, 0.3) is 6.08 Å². The van der Waals surface area contributed by atoms with Gasteiger partial charge in [-0.3, -0.25) is 9.36 Å². The van der Waals surface area contributed by atoms with E-state index in [0.29, 0.717) is 22.1 Å². The van der Waals surface area contributed by atoms with Crippen LogP contribution < -0.4 is 24.4 Å². The van der Waals surface area contributed by atoms with Gasteiger partial charge in [0, 0.05) is 16.7 Å². The number of carbonyl (C=O) groups is 1. The number of carbonyl (C=O) groups excluding carboxylic acids is 1. The molecule has 218 valence electrons. The molecule has 1 aliphatic heterocycles. The van der Waals surface area contributed by atoms with E-state index in [1.807, 2.05) is 27.7 Å². The fourth-order valence-corrected chi connectivity index (χ4v) is 5.40. The van der Waals surface area contributed by atoms with E-state index in [0.717, 1.165) is 15.9 Å². The van der Waals surface area contributed by atoms with E-state index in [-0.39, 0.29) is 33.7 Å². The second kappa shape index (κ2) is 12.1. The summed E-state index contributed by atoms with van der Waals surface area (Å²) in [7, 11) is 0. The molecule has 0 saturated carbocycles. The lowest BCUT2D eigenvalue weighted by molar-refractivity contribution is -0.140. The van der Waals surface area contributed by atoms with E-state index >= 15 is 0 Å². The molecule has 0 aliphatic carbocycles. The van der Waals surface area contributed by atoms with Crippen LogP contribution in [-0.2, 0) is 9.53 Å². The first-order valence-corrected chi connectivity index (χ1v) is 14.0. The Morgan fingerprint density at radius 1 is 1.10 bits per heavy atom. The van der Waals surface area contributed by atoms with E-state index < -0.39 is 35.0 Å². The Bertz CT molecular complexity index is 1660. The predicted molar refractivity (Wildman–Crippen MR) is 150 cm³/mol. The van der Waals surface area contributed by atoms with E-state index in [1.54, 1.807) is 18.2 Å². The van der Waals surface area contributed by atoms with Crippen molar-refractivity contribution in [1.82, 2.24) is 4.57 Å². The molecule has 4 rings (SSSR count). The number of aromatic nitrogens is 1. The van der Waals surface area contributed by atoms with Crippen LogP contribution in [0.2, 0.25) is 5.02 Å². The highest BCUT2D eigenvalue weighted by Gasteiger charge is 2.45. The van der Waals surface area contributed by atoms with Crippen molar-refractivity contribution in [2.75, 3.05) is 6.61 Å². The second-order valence-corrected chi connectivity index (χ2v) is 11.1. The summed E-state index contributed by atoms with van der Waals surface area (Å²) in [4.78, 5) is 30.4. The molecule has 1 atom stereocenters. The first-order chi connectivity index (χ1) is 19.3. The highest BCUT2D eigenvalue weighted by molar-refractivity contribution is 7.07. The van der Waals surface area contributed by atoms with Crippen LogP contribution in [0.5, 0.6) is 11.5 Å². The van der Waals surface area contributed by atoms with E-state index in [9.17, 15) is 22.8 Å². The third-order valence-electron chi connectivity index (χ3n) is 5.79. The van der Waals surface area contributed by atoms with Gasteiger partial charge in [0.1, 0.15) is 11.5 Å². The molecule has 3 aromatic rings. The Morgan fingerprint density at radius 2 is 1.76 bits per heavy atom. The Balaban J connectivity index is 1.99. The molecule has 2 heterocycles. The van der Waals surface area contributed by atoms with Gasteiger partial charge in [-0.05, 0) is 70.5 Å². The average molecular weight is 609 g/mol. The number of esters is 1. The van der Waals surface area contributed by atoms with Gasteiger partial charge in [-0.2, -0.15) is 13.2 Å². The monoisotopic (exact) mass is 608 g/mol. The number of rotatable bonds is 8. The minimum Gasteiger partial charge on any atom is -0.491 e. The fourth-order valence-electron chi connectivity index (χ4n) is 4.28. The van der Waals surface area contributed by atoms with Gasteiger partial charge in [0.05, 0.1) is 35.0 Å². The van der Waals surface area contributed by atoms with Crippen molar-refractivity contribution in [3.8, 4) is 11.5 Å². The molecule has 12 heteroatoms. The summed E-state index contributed by atoms with van der Waals surface area (Å²) in [5, 5.41) is 0.335. The smallest absolute Gasteiger partial charge is 0.434 e. The number of thiazole rings is 1. The lowest BCUT2D eigenvalue weighted by Gasteiger charge is -2.26. The Morgan fingerprint density at radius 3 is 2.34 bits per heavy atom. The first kappa shape index (κ1) is 30.4. The maximum absolute atomic E-state index is 14.3. The average Bonchev–Trinajstić information content (AvgIpc) is 3.18. The van der Waals surface area contributed by atoms with Crippen molar-refractivity contribution in [2.45, 2.75) is 59.0 Å². The normalized spacial score (nSPS) is 15.7. The number of nitrogens with zero attached hydrogens (tertiary/aromatic N) is 2. The highest BCUT2D eigenvalue weighted by atomic mass is 35.5. The molecule has 0 saturated heterocycles. The second-order valence-electron chi connectivity index (χ2n) is 9.65. The largest absolute Gasteiger partial charge is 0.491 e. The van der Waals surface area contributed by atoms with Crippen molar-refractivity contribution in [2.24, 2.45) is 4.99 Å². The molecule has 0 N–H and O–H groups in total. The van der Waals surface area contributed by atoms with Crippen LogP contribution in [0.3, 0.4) is 0 Å². The Kier molecular flexibility index (Phi) is 8.98. The summed E-state index contributed by atoms with van der Waals surface area (Å²) >= 11 is 6.80. The molecule has 0 unspecified atom stereocenters. The molecular formula is C29H28ClF3N2O5S. The molecule has 0 radical (unpaired) electrons. The third kappa shape index (κ3) is 6.68. The zero-order valence-electron chi connectivity index (χ0n) is 22.9. The van der Waals surface area contributed by atoms with Crippen LogP contribution in [-0.4, -0.2) is 35.5 Å². The summed E-state index contributed by atoms with van der Waals surface area (Å²) in [5.74, 6) is -0.224. The number of hydrogen-bond donors (Lipinski definition) is 0. The molecular weight excluding hydrogens is 581 g/mol. The lowest BCUT2D eigenvalue weighted by atomic mass is 9.95. The molecule has 2 aromatic carbocycles. The topological polar surface area (TPSA) is 79.1 Å². The lowest BCUT2D eigenvalue weighted by Crippen LogP contribution is -2.41. The SMILES string of the molecule is CCOC(=O)C1=C(C(F)(F)F)N=c2s/c(=C/c3ccc(OC(C)C)cc3OC(C)C)c(=O)n2[C@H]1c1ccc(Cl)cc1. The zero-order chi connectivity index (χ0) is 30.1. The van der Waals surface area contributed by atoms with Gasteiger partial charge in [-0.1, -0.05) is 35.1 Å². The van der Waals surface area contributed by atoms with Crippen molar-refractivity contribution >= 4 is 35.0 Å². The molecule has 0 bridgehead atoms. The van der Waals surface area contributed by atoms with Gasteiger partial charge in [-0.15, -0.1) is 0 Å². The third-order valence-corrected chi connectivity index (χ3v) is 7.02. The number of fused-ring (bicyclic) bond motifs is 1. The van der Waals surface area contributed by atoms with E-state index in [2.05, 4.69) is 4.99 Å². The summed E-state index contributed by atoms with van der Waals surface area (Å²) in [6.07, 6.45) is -3.75. The molecule has 1 aromatic heterocycles. The van der Waals surface area contributed by atoms with E-state index in [4.69, 9.17) is 25.8 Å². The molecule has 7 nitrogen and oxygen atoms in total. The first-order valence-electron chi connectivity index (χ1n) is 12.8. The molecule has 0 amide bonds. The predicted octanol–water partition coefficient (Wildman–Crippen LogP) is 5.57. The maximum atomic E-state index is 14.3. The number of halogens is 4. The number of alkyl halides is 3. The summed E-state index contributed by atoms with van der Waals surface area (Å²) < 4.78 is 60.8. The number of allylic oxidation sites excluding steroid dienone is 1. The van der Waals surface area contributed by atoms with Crippen LogP contribution >= 0.6 is 22.9 Å². The van der Waals surface area contributed by atoms with Gasteiger partial charge in [-0.25, -0.2) is 9.79 Å².